The highest BCUT2D eigenvalue weighted by Gasteiger charge is 2.22. The molecule has 0 atom stereocenters. The van der Waals surface area contributed by atoms with E-state index in [1.54, 1.807) is 11.3 Å². The minimum atomic E-state index is -0.626. The van der Waals surface area contributed by atoms with Gasteiger partial charge in [-0.25, -0.2) is 13.8 Å². The number of hydrogen-bond acceptors (Lipinski definition) is 5. The summed E-state index contributed by atoms with van der Waals surface area (Å²) >= 11 is 2.82. The Morgan fingerprint density at radius 3 is 2.64 bits per heavy atom. The van der Waals surface area contributed by atoms with Gasteiger partial charge >= 0.3 is 0 Å². The van der Waals surface area contributed by atoms with Gasteiger partial charge in [0.2, 0.25) is 5.91 Å². The van der Waals surface area contributed by atoms with E-state index in [0.29, 0.717) is 18.0 Å². The maximum Gasteiger partial charge on any atom is 0.233 e. The van der Waals surface area contributed by atoms with Crippen molar-refractivity contribution in [2.24, 2.45) is 0 Å². The second kappa shape index (κ2) is 8.55. The number of nitrogens with zero attached hydrogens (tertiary/aromatic N) is 3. The van der Waals surface area contributed by atoms with Gasteiger partial charge < -0.3 is 4.90 Å². The summed E-state index contributed by atoms with van der Waals surface area (Å²) in [6, 6.07) is 11.5. The van der Waals surface area contributed by atoms with Crippen molar-refractivity contribution in [2.45, 2.75) is 11.4 Å². The van der Waals surface area contributed by atoms with Crippen LogP contribution in [0.5, 0.6) is 0 Å². The fraction of sp³-hybridized carbons (Fsp3) is 0.300. The quantitative estimate of drug-likeness (QED) is 0.586. The van der Waals surface area contributed by atoms with Gasteiger partial charge in [0.05, 0.1) is 22.5 Å². The molecule has 3 aromatic rings. The maximum atomic E-state index is 13.7. The minimum Gasteiger partial charge on any atom is -0.339 e. The van der Waals surface area contributed by atoms with Crippen molar-refractivity contribution in [3.05, 3.63) is 59.1 Å². The number of halogens is 2. The maximum absolute atomic E-state index is 13.7. The second-order valence-electron chi connectivity index (χ2n) is 6.60. The fourth-order valence-electron chi connectivity index (χ4n) is 3.16. The molecule has 4 rings (SSSR count). The molecule has 0 unspecified atom stereocenters. The Hall–Kier alpha value is -2.03. The topological polar surface area (TPSA) is 36.4 Å². The molecule has 1 aliphatic heterocycles. The molecule has 1 aromatic heterocycles. The van der Waals surface area contributed by atoms with Crippen LogP contribution in [-0.4, -0.2) is 52.6 Å². The predicted molar refractivity (Wildman–Crippen MR) is 109 cm³/mol. The van der Waals surface area contributed by atoms with Gasteiger partial charge in [-0.2, -0.15) is 0 Å². The molecule has 0 bridgehead atoms. The van der Waals surface area contributed by atoms with E-state index in [1.807, 2.05) is 23.1 Å². The smallest absolute Gasteiger partial charge is 0.233 e. The van der Waals surface area contributed by atoms with Gasteiger partial charge in [-0.1, -0.05) is 12.1 Å². The molecule has 146 valence electrons. The molecule has 4 nitrogen and oxygen atoms in total. The highest BCUT2D eigenvalue weighted by molar-refractivity contribution is 8.00. The lowest BCUT2D eigenvalue weighted by molar-refractivity contribution is -0.130. The summed E-state index contributed by atoms with van der Waals surface area (Å²) in [6.45, 7) is 3.66. The van der Waals surface area contributed by atoms with Crippen LogP contribution in [0.2, 0.25) is 0 Å². The number of aromatic nitrogens is 1. The van der Waals surface area contributed by atoms with Gasteiger partial charge in [-0.3, -0.25) is 9.69 Å². The number of rotatable bonds is 5. The number of hydrogen-bond donors (Lipinski definition) is 0. The van der Waals surface area contributed by atoms with E-state index in [2.05, 4.69) is 16.0 Å². The molecule has 0 spiro atoms. The molecule has 1 fully saturated rings. The second-order valence-corrected chi connectivity index (χ2v) is 8.73. The average molecular weight is 420 g/mol. The van der Waals surface area contributed by atoms with Crippen molar-refractivity contribution in [1.82, 2.24) is 14.8 Å². The van der Waals surface area contributed by atoms with Crippen LogP contribution >= 0.6 is 23.1 Å². The van der Waals surface area contributed by atoms with Crippen molar-refractivity contribution in [2.75, 3.05) is 31.9 Å². The molecular formula is C20H19F2N3OS2. The van der Waals surface area contributed by atoms with Crippen LogP contribution in [0.1, 0.15) is 5.01 Å². The lowest BCUT2D eigenvalue weighted by atomic mass is 10.3. The molecule has 0 saturated carbocycles. The van der Waals surface area contributed by atoms with Crippen LogP contribution in [0, 0.1) is 11.6 Å². The largest absolute Gasteiger partial charge is 0.339 e. The van der Waals surface area contributed by atoms with E-state index >= 15 is 0 Å². The highest BCUT2D eigenvalue weighted by atomic mass is 32.2. The Bertz CT molecular complexity index is 953. The SMILES string of the molecule is O=C(CSc1ccc(F)cc1F)N1CCN(Cc2nc3ccccc3s2)CC1. The number of piperazine rings is 1. The van der Waals surface area contributed by atoms with Crippen molar-refractivity contribution in [1.29, 1.82) is 0 Å². The third-order valence-electron chi connectivity index (χ3n) is 4.67. The van der Waals surface area contributed by atoms with Gasteiger partial charge in [0.15, 0.2) is 0 Å². The summed E-state index contributed by atoms with van der Waals surface area (Å²) in [5.74, 6) is -1.11. The van der Waals surface area contributed by atoms with Crippen molar-refractivity contribution >= 4 is 39.2 Å². The highest BCUT2D eigenvalue weighted by Crippen LogP contribution is 2.24. The number of fused-ring (bicyclic) bond motifs is 1. The van der Waals surface area contributed by atoms with Crippen molar-refractivity contribution in [3.8, 4) is 0 Å². The molecular weight excluding hydrogens is 400 g/mol. The summed E-state index contributed by atoms with van der Waals surface area (Å²) in [4.78, 5) is 21.5. The van der Waals surface area contributed by atoms with Crippen molar-refractivity contribution < 1.29 is 13.6 Å². The van der Waals surface area contributed by atoms with Gasteiger partial charge in [0.25, 0.3) is 0 Å². The number of benzene rings is 2. The Morgan fingerprint density at radius 2 is 1.89 bits per heavy atom. The molecule has 2 aromatic carbocycles. The number of thioether (sulfide) groups is 1. The standard InChI is InChI=1S/C20H19F2N3OS2/c21-14-5-6-17(15(22)11-14)27-13-20(26)25-9-7-24(8-10-25)12-19-23-16-3-1-2-4-18(16)28-19/h1-6,11H,7-10,12-13H2. The first-order chi connectivity index (χ1) is 13.6. The molecule has 1 aliphatic rings. The number of carbonyl (C=O) groups excluding carboxylic acids is 1. The number of thiazole rings is 1. The third kappa shape index (κ3) is 4.51. The Kier molecular flexibility index (Phi) is 5.89. The molecule has 28 heavy (non-hydrogen) atoms. The van der Waals surface area contributed by atoms with E-state index in [9.17, 15) is 13.6 Å². The molecule has 0 aliphatic carbocycles. The average Bonchev–Trinajstić information content (AvgIpc) is 3.10. The van der Waals surface area contributed by atoms with Crippen LogP contribution in [-0.2, 0) is 11.3 Å². The third-order valence-corrected chi connectivity index (χ3v) is 6.72. The first kappa shape index (κ1) is 19.3. The van der Waals surface area contributed by atoms with E-state index in [0.717, 1.165) is 48.0 Å². The monoisotopic (exact) mass is 419 g/mol. The van der Waals surface area contributed by atoms with Gasteiger partial charge in [-0.15, -0.1) is 23.1 Å². The molecule has 1 amide bonds. The summed E-state index contributed by atoms with van der Waals surface area (Å²) in [6.07, 6.45) is 0. The number of para-hydroxylation sites is 1. The van der Waals surface area contributed by atoms with Gasteiger partial charge in [-0.05, 0) is 24.3 Å². The van der Waals surface area contributed by atoms with E-state index in [1.165, 1.54) is 16.8 Å². The summed E-state index contributed by atoms with van der Waals surface area (Å²) in [5.41, 5.74) is 1.03. The van der Waals surface area contributed by atoms with Crippen LogP contribution < -0.4 is 0 Å². The first-order valence-corrected chi connectivity index (χ1v) is 10.8. The molecule has 0 radical (unpaired) electrons. The zero-order chi connectivity index (χ0) is 19.5. The van der Waals surface area contributed by atoms with Gasteiger partial charge in [0, 0.05) is 37.1 Å². The van der Waals surface area contributed by atoms with Crippen molar-refractivity contribution in [3.63, 3.8) is 0 Å². The Labute approximate surface area is 170 Å². The lowest BCUT2D eigenvalue weighted by Crippen LogP contribution is -2.48. The lowest BCUT2D eigenvalue weighted by Gasteiger charge is -2.34. The normalized spacial score (nSPS) is 15.3. The Balaban J connectivity index is 1.26. The van der Waals surface area contributed by atoms with Crippen LogP contribution in [0.25, 0.3) is 10.2 Å². The van der Waals surface area contributed by atoms with E-state index in [-0.39, 0.29) is 11.7 Å². The summed E-state index contributed by atoms with van der Waals surface area (Å²) in [5, 5.41) is 1.09. The molecule has 2 heterocycles. The first-order valence-electron chi connectivity index (χ1n) is 9.01. The number of carbonyl (C=O) groups is 1. The summed E-state index contributed by atoms with van der Waals surface area (Å²) < 4.78 is 27.8. The number of amides is 1. The minimum absolute atomic E-state index is 0.0200. The Morgan fingerprint density at radius 1 is 1.11 bits per heavy atom. The summed E-state index contributed by atoms with van der Waals surface area (Å²) in [7, 11) is 0. The van der Waals surface area contributed by atoms with Crippen LogP contribution in [0.3, 0.4) is 0 Å². The van der Waals surface area contributed by atoms with E-state index in [4.69, 9.17) is 0 Å². The zero-order valence-corrected chi connectivity index (χ0v) is 16.7. The van der Waals surface area contributed by atoms with Gasteiger partial charge in [0.1, 0.15) is 16.6 Å². The van der Waals surface area contributed by atoms with Crippen LogP contribution in [0.15, 0.2) is 47.4 Å². The molecule has 1 saturated heterocycles. The van der Waals surface area contributed by atoms with E-state index < -0.39 is 11.6 Å². The molecule has 8 heteroatoms. The fourth-order valence-corrected chi connectivity index (χ4v) is 4.99. The zero-order valence-electron chi connectivity index (χ0n) is 15.1. The predicted octanol–water partition coefficient (Wildman–Crippen LogP) is 4.01. The van der Waals surface area contributed by atoms with Crippen LogP contribution in [0.4, 0.5) is 8.78 Å². The molecule has 0 N–H and O–H groups in total.